The maximum Gasteiger partial charge on any atom is 0.239 e. The van der Waals surface area contributed by atoms with Crippen LogP contribution in [-0.2, 0) is 25.2 Å². The topological polar surface area (TPSA) is 72.9 Å². The Morgan fingerprint density at radius 2 is 0.917 bits per heavy atom. The number of hydrogen-bond donors (Lipinski definition) is 0. The van der Waals surface area contributed by atoms with E-state index in [1.165, 1.54) is 4.90 Å². The van der Waals surface area contributed by atoms with Crippen molar-refractivity contribution in [1.82, 2.24) is 0 Å². The number of ketones is 1. The molecule has 6 heteroatoms. The quantitative estimate of drug-likeness (QED) is 0.178. The molecule has 3 aliphatic rings. The lowest BCUT2D eigenvalue weighted by Gasteiger charge is -2.39. The Labute approximate surface area is 279 Å². The van der Waals surface area contributed by atoms with Crippen LogP contribution in [-0.4, -0.2) is 31.8 Å². The summed E-state index contributed by atoms with van der Waals surface area (Å²) in [5.74, 6) is -1.54. The Morgan fingerprint density at radius 3 is 1.29 bits per heavy atom. The molecule has 0 aromatic heterocycles. The molecule has 0 spiro atoms. The van der Waals surface area contributed by atoms with Crippen molar-refractivity contribution >= 4 is 34.4 Å². The van der Waals surface area contributed by atoms with E-state index in [1.807, 2.05) is 140 Å². The zero-order chi connectivity index (χ0) is 33.2. The van der Waals surface area contributed by atoms with Gasteiger partial charge in [0.1, 0.15) is 11.5 Å². The molecule has 8 rings (SSSR count). The third-order valence-corrected chi connectivity index (χ3v) is 10.5. The number of nitrogens with zero attached hydrogens (tertiary/aromatic N) is 1. The van der Waals surface area contributed by atoms with Crippen molar-refractivity contribution < 1.29 is 23.9 Å². The average Bonchev–Trinajstić information content (AvgIpc) is 3.65. The first-order chi connectivity index (χ1) is 23.4. The van der Waals surface area contributed by atoms with E-state index in [0.717, 1.165) is 27.8 Å². The molecule has 2 fully saturated rings. The number of methoxy groups -OCH3 is 2. The molecule has 5 aromatic rings. The van der Waals surface area contributed by atoms with Gasteiger partial charge in [-0.05, 0) is 76.7 Å². The second-order valence-corrected chi connectivity index (χ2v) is 12.7. The Kier molecular flexibility index (Phi) is 6.74. The normalized spacial score (nSPS) is 24.3. The maximum atomic E-state index is 16.0. The van der Waals surface area contributed by atoms with Crippen molar-refractivity contribution in [3.63, 3.8) is 0 Å². The van der Waals surface area contributed by atoms with E-state index in [4.69, 9.17) is 9.47 Å². The second kappa shape index (κ2) is 10.9. The molecular formula is C42H33NO5. The molecule has 4 atom stereocenters. The van der Waals surface area contributed by atoms with Crippen LogP contribution >= 0.6 is 0 Å². The number of aryl methyl sites for hydroxylation is 1. The van der Waals surface area contributed by atoms with E-state index in [2.05, 4.69) is 0 Å². The summed E-state index contributed by atoms with van der Waals surface area (Å²) < 4.78 is 11.0. The van der Waals surface area contributed by atoms with Crippen molar-refractivity contribution in [3.05, 3.63) is 161 Å². The molecule has 1 heterocycles. The van der Waals surface area contributed by atoms with Gasteiger partial charge in [0.25, 0.3) is 0 Å². The highest BCUT2D eigenvalue weighted by Gasteiger charge is 2.82. The van der Waals surface area contributed by atoms with Gasteiger partial charge in [-0.3, -0.25) is 14.4 Å². The molecule has 1 aliphatic heterocycles. The van der Waals surface area contributed by atoms with Gasteiger partial charge in [0.15, 0.2) is 5.78 Å². The van der Waals surface area contributed by atoms with Gasteiger partial charge >= 0.3 is 0 Å². The van der Waals surface area contributed by atoms with Crippen molar-refractivity contribution in [1.29, 1.82) is 0 Å². The molecule has 0 unspecified atom stereocenters. The lowest BCUT2D eigenvalue weighted by Crippen LogP contribution is -2.45. The zero-order valence-electron chi connectivity index (χ0n) is 26.8. The van der Waals surface area contributed by atoms with Crippen LogP contribution in [0.1, 0.15) is 27.8 Å². The van der Waals surface area contributed by atoms with Crippen LogP contribution in [0.15, 0.2) is 133 Å². The van der Waals surface area contributed by atoms with Crippen LogP contribution in [0.5, 0.6) is 11.5 Å². The van der Waals surface area contributed by atoms with Crippen molar-refractivity contribution in [2.75, 3.05) is 19.1 Å². The predicted molar refractivity (Wildman–Crippen MR) is 185 cm³/mol. The van der Waals surface area contributed by atoms with Crippen molar-refractivity contribution in [3.8, 4) is 11.5 Å². The van der Waals surface area contributed by atoms with Gasteiger partial charge < -0.3 is 9.47 Å². The minimum Gasteiger partial charge on any atom is -0.497 e. The molecule has 0 N–H and O–H groups in total. The summed E-state index contributed by atoms with van der Waals surface area (Å²) in [6, 6.07) is 41.7. The number of Topliss-reactive ketones (excluding diaryl/α,β-unsaturated/α-hetero) is 1. The highest BCUT2D eigenvalue weighted by molar-refractivity contribution is 6.39. The van der Waals surface area contributed by atoms with Crippen molar-refractivity contribution in [2.45, 2.75) is 17.8 Å². The van der Waals surface area contributed by atoms with Crippen LogP contribution in [0, 0.1) is 18.8 Å². The van der Waals surface area contributed by atoms with E-state index in [-0.39, 0.29) is 17.6 Å². The first kappa shape index (κ1) is 29.6. The van der Waals surface area contributed by atoms with Gasteiger partial charge in [0, 0.05) is 0 Å². The zero-order valence-corrected chi connectivity index (χ0v) is 26.8. The number of benzene rings is 5. The fourth-order valence-corrected chi connectivity index (χ4v) is 8.59. The molecule has 5 aromatic carbocycles. The molecule has 236 valence electrons. The van der Waals surface area contributed by atoms with E-state index in [1.54, 1.807) is 14.2 Å². The highest BCUT2D eigenvalue weighted by atomic mass is 16.5. The summed E-state index contributed by atoms with van der Waals surface area (Å²) in [6.45, 7) is 1.96. The number of anilines is 1. The van der Waals surface area contributed by atoms with E-state index in [9.17, 15) is 0 Å². The molecule has 2 bridgehead atoms. The van der Waals surface area contributed by atoms with Gasteiger partial charge in [0.2, 0.25) is 11.8 Å². The lowest BCUT2D eigenvalue weighted by atomic mass is 9.59. The van der Waals surface area contributed by atoms with E-state index in [0.29, 0.717) is 28.3 Å². The first-order valence-corrected chi connectivity index (χ1v) is 16.0. The smallest absolute Gasteiger partial charge is 0.239 e. The summed E-state index contributed by atoms with van der Waals surface area (Å²) in [4.78, 5) is 47.5. The summed E-state index contributed by atoms with van der Waals surface area (Å²) in [5, 5.41) is 0. The highest BCUT2D eigenvalue weighted by Crippen LogP contribution is 2.74. The number of carbonyl (C=O) groups excluding carboxylic acids is 3. The standard InChI is InChI=1S/C42H33NO5/c1-26-14-20-31(21-15-26)43-38(44)36-37(39(43)45)42(30-12-8-5-9-13-30)35(28-18-24-33(48-3)25-19-28)34(27-16-22-32(47-2)23-17-27)41(36,40(42)46)29-10-6-4-7-11-29/h4-25,36-37H,1-3H3/t36-,37-,41+,42+/m1/s1. The van der Waals surface area contributed by atoms with Gasteiger partial charge in [0.05, 0.1) is 42.6 Å². The Balaban J connectivity index is 1.54. The predicted octanol–water partition coefficient (Wildman–Crippen LogP) is 7.20. The number of fused-ring (bicyclic) bond motifs is 5. The minimum atomic E-state index is -1.47. The van der Waals surface area contributed by atoms with Crippen molar-refractivity contribution in [2.24, 2.45) is 11.8 Å². The number of imide groups is 1. The summed E-state index contributed by atoms with van der Waals surface area (Å²) >= 11 is 0. The van der Waals surface area contributed by atoms with Gasteiger partial charge in [-0.25, -0.2) is 4.90 Å². The van der Waals surface area contributed by atoms with E-state index < -0.39 is 22.7 Å². The number of rotatable bonds is 7. The van der Waals surface area contributed by atoms with Crippen LogP contribution in [0.2, 0.25) is 0 Å². The van der Waals surface area contributed by atoms with Gasteiger partial charge in [-0.15, -0.1) is 0 Å². The summed E-state index contributed by atoms with van der Waals surface area (Å²) in [5.41, 5.74) is 2.95. The van der Waals surface area contributed by atoms with Crippen LogP contribution < -0.4 is 14.4 Å². The maximum absolute atomic E-state index is 16.0. The average molecular weight is 632 g/mol. The Hall–Kier alpha value is -5.75. The molecule has 2 amide bonds. The Morgan fingerprint density at radius 1 is 0.521 bits per heavy atom. The Bertz CT molecular complexity index is 1970. The largest absolute Gasteiger partial charge is 0.497 e. The monoisotopic (exact) mass is 631 g/mol. The van der Waals surface area contributed by atoms with Crippen LogP contribution in [0.25, 0.3) is 11.1 Å². The SMILES string of the molecule is COc1ccc(C2=C(c3ccc(OC)cc3)[C@]3(c4ccccc4)C(=O)[C@]2(c2ccccc2)[C@H]2C(=O)N(c4ccc(C)cc4)C(=O)[C@@H]23)cc1. The minimum absolute atomic E-state index is 0.163. The fraction of sp³-hybridized carbons (Fsp3) is 0.167. The lowest BCUT2D eigenvalue weighted by molar-refractivity contribution is -0.130. The van der Waals surface area contributed by atoms with Gasteiger partial charge in [-0.2, -0.15) is 0 Å². The molecule has 0 radical (unpaired) electrons. The fourth-order valence-electron chi connectivity index (χ4n) is 8.59. The molecular weight excluding hydrogens is 598 g/mol. The number of amides is 2. The van der Waals surface area contributed by atoms with Gasteiger partial charge in [-0.1, -0.05) is 103 Å². The first-order valence-electron chi connectivity index (χ1n) is 16.0. The van der Waals surface area contributed by atoms with E-state index >= 15 is 14.4 Å². The molecule has 2 aliphatic carbocycles. The molecule has 1 saturated carbocycles. The third-order valence-electron chi connectivity index (χ3n) is 10.5. The third kappa shape index (κ3) is 3.77. The summed E-state index contributed by atoms with van der Waals surface area (Å²) in [7, 11) is 3.22. The van der Waals surface area contributed by atoms with Crippen LogP contribution in [0.3, 0.4) is 0 Å². The number of ether oxygens (including phenoxy) is 2. The second-order valence-electron chi connectivity index (χ2n) is 12.7. The number of hydrogen-bond acceptors (Lipinski definition) is 5. The molecule has 48 heavy (non-hydrogen) atoms. The number of allylic oxidation sites excluding steroid dienone is 2. The molecule has 6 nitrogen and oxygen atoms in total. The summed E-state index contributed by atoms with van der Waals surface area (Å²) in [6.07, 6.45) is 0. The number of carbonyl (C=O) groups is 3. The van der Waals surface area contributed by atoms with Crippen LogP contribution in [0.4, 0.5) is 5.69 Å². The molecule has 1 saturated heterocycles.